The molecule has 1 aliphatic rings. The molecular formula is C8H16NO2. The summed E-state index contributed by atoms with van der Waals surface area (Å²) < 4.78 is 5.15. The van der Waals surface area contributed by atoms with Gasteiger partial charge in [0.2, 0.25) is 0 Å². The third-order valence-electron chi connectivity index (χ3n) is 1.99. The van der Waals surface area contributed by atoms with Gasteiger partial charge in [0, 0.05) is 13.1 Å². The summed E-state index contributed by atoms with van der Waals surface area (Å²) in [7, 11) is 0. The van der Waals surface area contributed by atoms with Gasteiger partial charge in [-0.05, 0) is 6.42 Å². The number of morpholine rings is 1. The van der Waals surface area contributed by atoms with Crippen molar-refractivity contribution in [3.63, 3.8) is 0 Å². The second kappa shape index (κ2) is 4.70. The minimum Gasteiger partial charge on any atom is -0.379 e. The van der Waals surface area contributed by atoms with Gasteiger partial charge in [-0.25, -0.2) is 5.11 Å². The lowest BCUT2D eigenvalue weighted by Gasteiger charge is -2.29. The lowest BCUT2D eigenvalue weighted by molar-refractivity contribution is -0.0943. The predicted octanol–water partition coefficient (Wildman–Crippen LogP) is 0.875. The number of hydrogen-bond donors (Lipinski definition) is 0. The summed E-state index contributed by atoms with van der Waals surface area (Å²) in [4.78, 5) is 1.97. The Hall–Kier alpha value is -0.120. The summed E-state index contributed by atoms with van der Waals surface area (Å²) >= 11 is 0. The molecule has 1 fully saturated rings. The Kier molecular flexibility index (Phi) is 3.83. The third kappa shape index (κ3) is 2.77. The Labute approximate surface area is 68.0 Å². The maximum absolute atomic E-state index is 11.4. The minimum atomic E-state index is -0.496. The van der Waals surface area contributed by atoms with Crippen LogP contribution in [0.25, 0.3) is 0 Å². The van der Waals surface area contributed by atoms with Gasteiger partial charge in [0.1, 0.15) is 6.23 Å². The van der Waals surface area contributed by atoms with E-state index in [0.717, 1.165) is 39.1 Å². The van der Waals surface area contributed by atoms with Crippen molar-refractivity contribution in [1.29, 1.82) is 0 Å². The Morgan fingerprint density at radius 3 is 2.64 bits per heavy atom. The van der Waals surface area contributed by atoms with E-state index < -0.39 is 6.23 Å². The maximum atomic E-state index is 11.4. The highest BCUT2D eigenvalue weighted by Crippen LogP contribution is 2.06. The van der Waals surface area contributed by atoms with Crippen molar-refractivity contribution in [1.82, 2.24) is 4.90 Å². The first kappa shape index (κ1) is 8.97. The smallest absolute Gasteiger partial charge is 0.146 e. The first-order valence-electron chi connectivity index (χ1n) is 4.32. The molecule has 0 bridgehead atoms. The van der Waals surface area contributed by atoms with Gasteiger partial charge in [0.05, 0.1) is 13.2 Å². The molecule has 0 aliphatic carbocycles. The largest absolute Gasteiger partial charge is 0.379 e. The zero-order valence-corrected chi connectivity index (χ0v) is 7.08. The first-order chi connectivity index (χ1) is 5.34. The van der Waals surface area contributed by atoms with Gasteiger partial charge in [-0.15, -0.1) is 0 Å². The lowest BCUT2D eigenvalue weighted by atomic mass is 10.2. The predicted molar refractivity (Wildman–Crippen MR) is 41.8 cm³/mol. The summed E-state index contributed by atoms with van der Waals surface area (Å²) in [5.74, 6) is 0. The number of ether oxygens (including phenoxy) is 1. The van der Waals surface area contributed by atoms with Crippen LogP contribution in [0.3, 0.4) is 0 Å². The summed E-state index contributed by atoms with van der Waals surface area (Å²) in [5, 5.41) is 11.4. The van der Waals surface area contributed by atoms with Gasteiger partial charge in [0.25, 0.3) is 0 Å². The molecule has 0 N–H and O–H groups in total. The number of hydrogen-bond acceptors (Lipinski definition) is 2. The van der Waals surface area contributed by atoms with Crippen LogP contribution >= 0.6 is 0 Å². The minimum absolute atomic E-state index is 0.496. The van der Waals surface area contributed by atoms with E-state index >= 15 is 0 Å². The average Bonchev–Trinajstić information content (AvgIpc) is 2.07. The van der Waals surface area contributed by atoms with Gasteiger partial charge in [-0.3, -0.25) is 4.90 Å². The normalized spacial score (nSPS) is 23.5. The van der Waals surface area contributed by atoms with Crippen molar-refractivity contribution in [2.75, 3.05) is 26.3 Å². The Morgan fingerprint density at radius 1 is 1.45 bits per heavy atom. The monoisotopic (exact) mass is 158 g/mol. The van der Waals surface area contributed by atoms with Crippen LogP contribution in [0.4, 0.5) is 0 Å². The summed E-state index contributed by atoms with van der Waals surface area (Å²) in [6.45, 7) is 5.12. The van der Waals surface area contributed by atoms with Gasteiger partial charge in [0.15, 0.2) is 0 Å². The molecule has 0 saturated carbocycles. The highest BCUT2D eigenvalue weighted by molar-refractivity contribution is 4.64. The number of nitrogens with zero attached hydrogens (tertiary/aromatic N) is 1. The SMILES string of the molecule is CCCC([O])N1CCOCC1. The zero-order chi connectivity index (χ0) is 8.10. The fourth-order valence-electron chi connectivity index (χ4n) is 1.29. The maximum Gasteiger partial charge on any atom is 0.146 e. The molecule has 0 aromatic rings. The average molecular weight is 158 g/mol. The van der Waals surface area contributed by atoms with Crippen molar-refractivity contribution < 1.29 is 9.84 Å². The molecule has 1 heterocycles. The highest BCUT2D eigenvalue weighted by atomic mass is 16.5. The van der Waals surface area contributed by atoms with E-state index in [9.17, 15) is 5.11 Å². The number of rotatable bonds is 3. The van der Waals surface area contributed by atoms with Crippen molar-refractivity contribution >= 4 is 0 Å². The van der Waals surface area contributed by atoms with Crippen LogP contribution in [-0.2, 0) is 9.84 Å². The molecule has 1 rings (SSSR count). The third-order valence-corrected chi connectivity index (χ3v) is 1.99. The first-order valence-corrected chi connectivity index (χ1v) is 4.32. The molecule has 0 spiro atoms. The van der Waals surface area contributed by atoms with Crippen molar-refractivity contribution in [2.45, 2.75) is 26.0 Å². The van der Waals surface area contributed by atoms with Gasteiger partial charge in [-0.2, -0.15) is 0 Å². The molecule has 3 heteroatoms. The van der Waals surface area contributed by atoms with E-state index in [4.69, 9.17) is 4.74 Å². The van der Waals surface area contributed by atoms with Crippen molar-refractivity contribution in [2.24, 2.45) is 0 Å². The summed E-state index contributed by atoms with van der Waals surface area (Å²) in [6.07, 6.45) is 1.25. The molecule has 11 heavy (non-hydrogen) atoms. The summed E-state index contributed by atoms with van der Waals surface area (Å²) in [5.41, 5.74) is 0. The van der Waals surface area contributed by atoms with E-state index in [-0.39, 0.29) is 0 Å². The molecule has 65 valence electrons. The fraction of sp³-hybridized carbons (Fsp3) is 1.00. The van der Waals surface area contributed by atoms with E-state index in [1.807, 2.05) is 11.8 Å². The molecule has 0 amide bonds. The molecule has 1 aliphatic heterocycles. The lowest BCUT2D eigenvalue weighted by Crippen LogP contribution is -2.42. The highest BCUT2D eigenvalue weighted by Gasteiger charge is 2.18. The second-order valence-corrected chi connectivity index (χ2v) is 2.89. The van der Waals surface area contributed by atoms with Gasteiger partial charge in [-0.1, -0.05) is 13.3 Å². The fourth-order valence-corrected chi connectivity index (χ4v) is 1.29. The van der Waals surface area contributed by atoms with Crippen molar-refractivity contribution in [3.05, 3.63) is 0 Å². The molecule has 1 saturated heterocycles. The van der Waals surface area contributed by atoms with E-state index in [1.165, 1.54) is 0 Å². The summed E-state index contributed by atoms with van der Waals surface area (Å²) in [6, 6.07) is 0. The second-order valence-electron chi connectivity index (χ2n) is 2.89. The van der Waals surface area contributed by atoms with Crippen molar-refractivity contribution in [3.8, 4) is 0 Å². The van der Waals surface area contributed by atoms with Crippen LogP contribution in [-0.4, -0.2) is 37.4 Å². The van der Waals surface area contributed by atoms with Crippen LogP contribution < -0.4 is 0 Å². The molecule has 1 unspecified atom stereocenters. The van der Waals surface area contributed by atoms with E-state index in [1.54, 1.807) is 0 Å². The molecule has 1 atom stereocenters. The van der Waals surface area contributed by atoms with Gasteiger partial charge >= 0.3 is 0 Å². The van der Waals surface area contributed by atoms with Crippen LogP contribution in [0, 0.1) is 0 Å². The molecular weight excluding hydrogens is 142 g/mol. The van der Waals surface area contributed by atoms with Crippen LogP contribution in [0.5, 0.6) is 0 Å². The van der Waals surface area contributed by atoms with Crippen LogP contribution in [0.2, 0.25) is 0 Å². The molecule has 0 aromatic heterocycles. The Bertz CT molecular complexity index is 102. The standard InChI is InChI=1S/C8H16NO2/c1-2-3-8(10)9-4-6-11-7-5-9/h8H,2-7H2,1H3. The van der Waals surface area contributed by atoms with Crippen LogP contribution in [0.15, 0.2) is 0 Å². The molecule has 3 nitrogen and oxygen atoms in total. The van der Waals surface area contributed by atoms with E-state index in [2.05, 4.69) is 0 Å². The van der Waals surface area contributed by atoms with Gasteiger partial charge < -0.3 is 4.74 Å². The van der Waals surface area contributed by atoms with Crippen LogP contribution in [0.1, 0.15) is 19.8 Å². The molecule has 1 radical (unpaired) electrons. The topological polar surface area (TPSA) is 32.4 Å². The Balaban J connectivity index is 2.21. The van der Waals surface area contributed by atoms with E-state index in [0.29, 0.717) is 0 Å². The molecule has 0 aromatic carbocycles. The quantitative estimate of drug-likeness (QED) is 0.610. The zero-order valence-electron chi connectivity index (χ0n) is 7.08. The Morgan fingerprint density at radius 2 is 2.09 bits per heavy atom.